The molecule has 11 heteroatoms. The average molecular weight is 609 g/mol. The SMILES string of the molecule is COc1cccc(-c2nnc(SCC(=O)Nc3ccc(N4CCN(C(=O)c5ccccc5Br)CC4)cc3)o2)c1. The molecule has 2 amide bonds. The number of piperazine rings is 1. The number of amides is 2. The highest BCUT2D eigenvalue weighted by atomic mass is 79.9. The lowest BCUT2D eigenvalue weighted by Gasteiger charge is -2.36. The molecule has 0 aliphatic carbocycles. The number of rotatable bonds is 8. The van der Waals surface area contributed by atoms with Gasteiger partial charge in [0.2, 0.25) is 11.8 Å². The Balaban J connectivity index is 1.09. The molecule has 0 bridgehead atoms. The van der Waals surface area contributed by atoms with Gasteiger partial charge in [0.15, 0.2) is 0 Å². The first-order chi connectivity index (χ1) is 19.0. The van der Waals surface area contributed by atoms with Gasteiger partial charge in [-0.05, 0) is 70.5 Å². The number of ether oxygens (including phenoxy) is 1. The molecule has 1 saturated heterocycles. The molecule has 9 nitrogen and oxygen atoms in total. The van der Waals surface area contributed by atoms with Gasteiger partial charge in [-0.15, -0.1) is 10.2 Å². The third-order valence-electron chi connectivity index (χ3n) is 6.24. The van der Waals surface area contributed by atoms with Crippen LogP contribution in [0.25, 0.3) is 11.5 Å². The van der Waals surface area contributed by atoms with E-state index in [2.05, 4.69) is 36.3 Å². The summed E-state index contributed by atoms with van der Waals surface area (Å²) in [6, 6.07) is 22.5. The van der Waals surface area contributed by atoms with Gasteiger partial charge in [0, 0.05) is 47.6 Å². The van der Waals surface area contributed by atoms with Crippen LogP contribution in [0.1, 0.15) is 10.4 Å². The van der Waals surface area contributed by atoms with Gasteiger partial charge in [0.1, 0.15) is 5.75 Å². The second-order valence-electron chi connectivity index (χ2n) is 8.75. The van der Waals surface area contributed by atoms with Crippen LogP contribution in [0.5, 0.6) is 5.75 Å². The number of nitrogens with one attached hydrogen (secondary N) is 1. The lowest BCUT2D eigenvalue weighted by atomic mass is 10.1. The van der Waals surface area contributed by atoms with Crippen LogP contribution in [-0.2, 0) is 4.79 Å². The zero-order valence-corrected chi connectivity index (χ0v) is 23.6. The Bertz CT molecular complexity index is 1450. The van der Waals surface area contributed by atoms with E-state index in [0.717, 1.165) is 28.8 Å². The first-order valence-electron chi connectivity index (χ1n) is 12.3. The molecule has 1 fully saturated rings. The van der Waals surface area contributed by atoms with Crippen LogP contribution in [0.3, 0.4) is 0 Å². The predicted molar refractivity (Wildman–Crippen MR) is 154 cm³/mol. The number of benzene rings is 3. The van der Waals surface area contributed by atoms with Crippen molar-refractivity contribution in [1.82, 2.24) is 15.1 Å². The molecule has 1 aliphatic rings. The van der Waals surface area contributed by atoms with Crippen molar-refractivity contribution in [2.24, 2.45) is 0 Å². The van der Waals surface area contributed by atoms with Crippen molar-refractivity contribution in [2.45, 2.75) is 5.22 Å². The summed E-state index contributed by atoms with van der Waals surface area (Å²) < 4.78 is 11.7. The molecule has 0 spiro atoms. The van der Waals surface area contributed by atoms with Gasteiger partial charge < -0.3 is 24.3 Å². The third-order valence-corrected chi connectivity index (χ3v) is 7.75. The summed E-state index contributed by atoms with van der Waals surface area (Å²) in [6.45, 7) is 2.76. The third kappa shape index (κ3) is 6.61. The number of thioether (sulfide) groups is 1. The Hall–Kier alpha value is -3.83. The highest BCUT2D eigenvalue weighted by Crippen LogP contribution is 2.26. The summed E-state index contributed by atoms with van der Waals surface area (Å²) in [7, 11) is 1.59. The van der Waals surface area contributed by atoms with E-state index in [1.165, 1.54) is 11.8 Å². The van der Waals surface area contributed by atoms with Crippen molar-refractivity contribution in [3.63, 3.8) is 0 Å². The van der Waals surface area contributed by atoms with Crippen molar-refractivity contribution < 1.29 is 18.7 Å². The maximum Gasteiger partial charge on any atom is 0.277 e. The standard InChI is InChI=1S/C28H26BrN5O4S/c1-37-22-6-4-5-19(17-22)26-31-32-28(38-26)39-18-25(35)30-20-9-11-21(12-10-20)33-13-15-34(16-14-33)27(36)23-7-2-3-8-24(23)29/h2-12,17H,13-16,18H2,1H3,(H,30,35). The zero-order valence-electron chi connectivity index (χ0n) is 21.2. The number of hydrogen-bond donors (Lipinski definition) is 1. The highest BCUT2D eigenvalue weighted by Gasteiger charge is 2.23. The van der Waals surface area contributed by atoms with Crippen LogP contribution in [0.2, 0.25) is 0 Å². The first kappa shape index (κ1) is 26.8. The van der Waals surface area contributed by atoms with E-state index < -0.39 is 0 Å². The van der Waals surface area contributed by atoms with E-state index >= 15 is 0 Å². The van der Waals surface area contributed by atoms with Gasteiger partial charge in [-0.3, -0.25) is 9.59 Å². The van der Waals surface area contributed by atoms with Gasteiger partial charge in [0.05, 0.1) is 18.4 Å². The number of anilines is 2. The number of halogens is 1. The minimum absolute atomic E-state index is 0.0371. The Morgan fingerprint density at radius 1 is 1.00 bits per heavy atom. The molecule has 1 aromatic heterocycles. The molecular formula is C28H26BrN5O4S. The smallest absolute Gasteiger partial charge is 0.277 e. The van der Waals surface area contributed by atoms with Crippen LogP contribution >= 0.6 is 27.7 Å². The number of carbonyl (C=O) groups excluding carboxylic acids is 2. The maximum atomic E-state index is 12.9. The molecule has 4 aromatic rings. The molecule has 5 rings (SSSR count). The second-order valence-corrected chi connectivity index (χ2v) is 10.5. The van der Waals surface area contributed by atoms with E-state index in [4.69, 9.17) is 9.15 Å². The first-order valence-corrected chi connectivity index (χ1v) is 14.1. The minimum atomic E-state index is -0.173. The van der Waals surface area contributed by atoms with Gasteiger partial charge in [-0.2, -0.15) is 0 Å². The van der Waals surface area contributed by atoms with E-state index in [9.17, 15) is 9.59 Å². The fourth-order valence-corrected chi connectivity index (χ4v) is 5.21. The summed E-state index contributed by atoms with van der Waals surface area (Å²) >= 11 is 4.64. The Morgan fingerprint density at radius 3 is 2.51 bits per heavy atom. The van der Waals surface area contributed by atoms with E-state index in [1.807, 2.05) is 77.7 Å². The molecule has 0 unspecified atom stereocenters. The summed E-state index contributed by atoms with van der Waals surface area (Å²) in [4.78, 5) is 29.5. The summed E-state index contributed by atoms with van der Waals surface area (Å²) in [6.07, 6.45) is 0. The minimum Gasteiger partial charge on any atom is -0.497 e. The Morgan fingerprint density at radius 2 is 1.77 bits per heavy atom. The number of nitrogens with zero attached hydrogens (tertiary/aromatic N) is 4. The molecular weight excluding hydrogens is 582 g/mol. The fraction of sp³-hybridized carbons (Fsp3) is 0.214. The zero-order chi connectivity index (χ0) is 27.2. The lowest BCUT2D eigenvalue weighted by Crippen LogP contribution is -2.48. The van der Waals surface area contributed by atoms with Crippen LogP contribution in [0, 0.1) is 0 Å². The van der Waals surface area contributed by atoms with Crippen molar-refractivity contribution in [3.05, 3.63) is 82.8 Å². The number of carbonyl (C=O) groups is 2. The van der Waals surface area contributed by atoms with Crippen molar-refractivity contribution in [3.8, 4) is 17.2 Å². The van der Waals surface area contributed by atoms with Gasteiger partial charge in [0.25, 0.3) is 11.1 Å². The van der Waals surface area contributed by atoms with Gasteiger partial charge in [-0.25, -0.2) is 0 Å². The molecule has 0 radical (unpaired) electrons. The Kier molecular flexibility index (Phi) is 8.48. The molecule has 39 heavy (non-hydrogen) atoms. The van der Waals surface area contributed by atoms with E-state index in [-0.39, 0.29) is 17.6 Å². The van der Waals surface area contributed by atoms with Crippen molar-refractivity contribution >= 4 is 50.9 Å². The topological polar surface area (TPSA) is 101 Å². The van der Waals surface area contributed by atoms with Crippen molar-refractivity contribution in [1.29, 1.82) is 0 Å². The summed E-state index contributed by atoms with van der Waals surface area (Å²) in [5.74, 6) is 1.06. The maximum absolute atomic E-state index is 12.9. The molecule has 1 N–H and O–H groups in total. The normalized spacial score (nSPS) is 13.3. The summed E-state index contributed by atoms with van der Waals surface area (Å²) in [5.41, 5.74) is 3.18. The molecule has 2 heterocycles. The predicted octanol–water partition coefficient (Wildman–Crippen LogP) is 5.20. The largest absolute Gasteiger partial charge is 0.497 e. The average Bonchev–Trinajstić information content (AvgIpc) is 3.46. The molecule has 200 valence electrons. The Labute approximate surface area is 238 Å². The van der Waals surface area contributed by atoms with E-state index in [0.29, 0.717) is 41.2 Å². The lowest BCUT2D eigenvalue weighted by molar-refractivity contribution is -0.113. The van der Waals surface area contributed by atoms with Crippen LogP contribution in [0.4, 0.5) is 11.4 Å². The fourth-order valence-electron chi connectivity index (χ4n) is 4.19. The van der Waals surface area contributed by atoms with Gasteiger partial charge >= 0.3 is 0 Å². The number of hydrogen-bond acceptors (Lipinski definition) is 8. The quantitative estimate of drug-likeness (QED) is 0.273. The van der Waals surface area contributed by atoms with Crippen LogP contribution in [-0.4, -0.2) is 66.0 Å². The van der Waals surface area contributed by atoms with Gasteiger partial charge in [-0.1, -0.05) is 30.0 Å². The highest BCUT2D eigenvalue weighted by molar-refractivity contribution is 9.10. The second kappa shape index (κ2) is 12.4. The van der Waals surface area contributed by atoms with Crippen molar-refractivity contribution in [2.75, 3.05) is 49.3 Å². The van der Waals surface area contributed by atoms with Crippen LogP contribution < -0.4 is 15.0 Å². The van der Waals surface area contributed by atoms with Crippen LogP contribution in [0.15, 0.2) is 86.9 Å². The number of methoxy groups -OCH3 is 1. The molecule has 1 aliphatic heterocycles. The monoisotopic (exact) mass is 607 g/mol. The molecule has 3 aromatic carbocycles. The molecule has 0 saturated carbocycles. The number of aromatic nitrogens is 2. The summed E-state index contributed by atoms with van der Waals surface area (Å²) in [5, 5.41) is 11.3. The van der Waals surface area contributed by atoms with E-state index in [1.54, 1.807) is 7.11 Å². The molecule has 0 atom stereocenters.